The first-order valence-electron chi connectivity index (χ1n) is 12.4. The summed E-state index contributed by atoms with van der Waals surface area (Å²) in [6, 6.07) is 6.49. The van der Waals surface area contributed by atoms with Crippen molar-refractivity contribution >= 4 is 11.7 Å². The molecule has 2 aromatic heterocycles. The van der Waals surface area contributed by atoms with Gasteiger partial charge in [-0.25, -0.2) is 14.8 Å². The zero-order valence-electron chi connectivity index (χ0n) is 20.8. The van der Waals surface area contributed by atoms with E-state index >= 15 is 0 Å². The van der Waals surface area contributed by atoms with E-state index in [-0.39, 0.29) is 24.4 Å². The number of alkyl halides is 3. The minimum atomic E-state index is -4.28. The number of hydrogen-bond donors (Lipinski definition) is 1. The number of fused-ring (bicyclic) bond motifs is 7. The smallest absolute Gasteiger partial charge is 0.389 e. The van der Waals surface area contributed by atoms with Crippen molar-refractivity contribution in [2.24, 2.45) is 5.92 Å². The van der Waals surface area contributed by atoms with Gasteiger partial charge in [0.05, 0.1) is 18.3 Å². The third-order valence-corrected chi connectivity index (χ3v) is 6.85. The Morgan fingerprint density at radius 3 is 2.81 bits per heavy atom. The van der Waals surface area contributed by atoms with Crippen LogP contribution in [0.3, 0.4) is 0 Å². The average molecular weight is 504 g/mol. The van der Waals surface area contributed by atoms with Crippen LogP contribution in [0.2, 0.25) is 0 Å². The maximum Gasteiger partial charge on any atom is 0.389 e. The summed E-state index contributed by atoms with van der Waals surface area (Å²) in [7, 11) is 0. The molecular weight excluding hydrogens is 471 g/mol. The molecule has 3 atom stereocenters. The third kappa shape index (κ3) is 5.91. The molecule has 3 aromatic rings. The summed E-state index contributed by atoms with van der Waals surface area (Å²) in [5.74, 6) is 0.240. The van der Waals surface area contributed by atoms with Crippen LogP contribution < -0.4 is 10.1 Å². The van der Waals surface area contributed by atoms with Crippen LogP contribution in [0.25, 0.3) is 16.9 Å². The second-order valence-corrected chi connectivity index (χ2v) is 9.35. The number of rotatable bonds is 3. The number of ether oxygens (including phenoxy) is 1. The fourth-order valence-electron chi connectivity index (χ4n) is 4.70. The highest BCUT2D eigenvalue weighted by Crippen LogP contribution is 2.30. The quantitative estimate of drug-likeness (QED) is 0.475. The Bertz CT molecular complexity index is 1200. The number of urea groups is 1. The van der Waals surface area contributed by atoms with Gasteiger partial charge in [-0.1, -0.05) is 25.1 Å². The first kappa shape index (κ1) is 25.8. The molecule has 0 aliphatic carbocycles. The number of carbonyl (C=O) groups is 1. The molecule has 3 heterocycles. The fraction of sp³-hybridized carbons (Fsp3) is 0.500. The van der Waals surface area contributed by atoms with Crippen molar-refractivity contribution in [3.63, 3.8) is 0 Å². The predicted molar refractivity (Wildman–Crippen MR) is 131 cm³/mol. The lowest BCUT2D eigenvalue weighted by Crippen LogP contribution is -2.48. The molecule has 1 aliphatic rings. The van der Waals surface area contributed by atoms with Crippen LogP contribution in [-0.4, -0.2) is 50.7 Å². The van der Waals surface area contributed by atoms with Crippen molar-refractivity contribution < 1.29 is 22.7 Å². The van der Waals surface area contributed by atoms with Crippen LogP contribution in [0.1, 0.15) is 58.1 Å². The highest BCUT2D eigenvalue weighted by molar-refractivity contribution is 5.75. The molecule has 194 valence electrons. The maximum absolute atomic E-state index is 13.3. The molecule has 0 saturated heterocycles. The molecule has 2 unspecified atom stereocenters. The minimum absolute atomic E-state index is 0.170. The van der Waals surface area contributed by atoms with Gasteiger partial charge in [-0.05, 0) is 50.7 Å². The molecule has 7 nitrogen and oxygen atoms in total. The van der Waals surface area contributed by atoms with Crippen molar-refractivity contribution in [2.45, 2.75) is 64.7 Å². The molecule has 4 rings (SSSR count). The number of imidazole rings is 1. The Labute approximate surface area is 208 Å². The molecule has 4 bridgehead atoms. The molecule has 0 fully saturated rings. The minimum Gasteiger partial charge on any atom is -0.475 e. The number of nitrogens with zero attached hydrogens (tertiary/aromatic N) is 4. The zero-order valence-corrected chi connectivity index (χ0v) is 20.8. The van der Waals surface area contributed by atoms with Crippen molar-refractivity contribution in [1.29, 1.82) is 0 Å². The van der Waals surface area contributed by atoms with Gasteiger partial charge in [0.25, 0.3) is 5.88 Å². The van der Waals surface area contributed by atoms with Crippen LogP contribution in [0.4, 0.5) is 18.0 Å². The first-order chi connectivity index (χ1) is 17.2. The number of nitrogens with one attached hydrogen (secondary N) is 1. The summed E-state index contributed by atoms with van der Waals surface area (Å²) in [6.07, 6.45) is 1.18. The number of aromatic nitrogens is 3. The number of benzene rings is 1. The molecule has 0 radical (unpaired) electrons. The summed E-state index contributed by atoms with van der Waals surface area (Å²) >= 11 is 0. The molecule has 2 amide bonds. The van der Waals surface area contributed by atoms with E-state index in [9.17, 15) is 18.0 Å². The molecule has 1 aromatic carbocycles. The SMILES string of the molecule is CCN1C(=O)NC(CCC(F)(F)F)C(C)CCCOc2nc(cn3ccnc23)-c2cccc(c2)[C@H]1C. The van der Waals surface area contributed by atoms with Crippen molar-refractivity contribution in [1.82, 2.24) is 24.6 Å². The molecule has 1 aliphatic heterocycles. The average Bonchev–Trinajstić information content (AvgIpc) is 3.32. The molecule has 0 spiro atoms. The maximum atomic E-state index is 13.3. The Balaban J connectivity index is 1.71. The largest absolute Gasteiger partial charge is 0.475 e. The van der Waals surface area contributed by atoms with Gasteiger partial charge in [0, 0.05) is 43.2 Å². The van der Waals surface area contributed by atoms with Gasteiger partial charge in [-0.15, -0.1) is 0 Å². The second kappa shape index (κ2) is 10.8. The van der Waals surface area contributed by atoms with Gasteiger partial charge in [-0.3, -0.25) is 0 Å². The van der Waals surface area contributed by atoms with E-state index in [4.69, 9.17) is 9.72 Å². The number of halogens is 3. The Morgan fingerprint density at radius 1 is 1.25 bits per heavy atom. The lowest BCUT2D eigenvalue weighted by molar-refractivity contribution is -0.137. The predicted octanol–water partition coefficient (Wildman–Crippen LogP) is 6.01. The lowest BCUT2D eigenvalue weighted by atomic mass is 9.93. The van der Waals surface area contributed by atoms with E-state index in [2.05, 4.69) is 10.3 Å². The van der Waals surface area contributed by atoms with Crippen molar-refractivity contribution in [2.75, 3.05) is 13.2 Å². The number of amides is 2. The zero-order chi connectivity index (χ0) is 25.9. The van der Waals surface area contributed by atoms with E-state index in [1.54, 1.807) is 11.1 Å². The summed E-state index contributed by atoms with van der Waals surface area (Å²) in [6.45, 7) is 6.40. The molecule has 36 heavy (non-hydrogen) atoms. The molecule has 10 heteroatoms. The standard InChI is InChI=1S/C26H32F3N5O2/c1-4-34-18(3)19-8-5-9-20(15-19)22-16-33-13-12-30-23(33)24(31-22)36-14-6-7-17(2)21(32-25(34)35)10-11-26(27,28)29/h5,8-9,12-13,15-18,21H,4,6-7,10-11,14H2,1-3H3,(H,32,35)/t17?,18-,21?/m1/s1. The van der Waals surface area contributed by atoms with Crippen LogP contribution in [0.5, 0.6) is 5.88 Å². The van der Waals surface area contributed by atoms with E-state index in [0.717, 1.165) is 11.1 Å². The molecule has 1 N–H and O–H groups in total. The Morgan fingerprint density at radius 2 is 2.06 bits per heavy atom. The van der Waals surface area contributed by atoms with E-state index < -0.39 is 18.6 Å². The van der Waals surface area contributed by atoms with Gasteiger partial charge in [-0.2, -0.15) is 13.2 Å². The topological polar surface area (TPSA) is 71.8 Å². The highest BCUT2D eigenvalue weighted by atomic mass is 19.4. The summed E-state index contributed by atoms with van der Waals surface area (Å²) in [5, 5.41) is 2.91. The van der Waals surface area contributed by atoms with Crippen LogP contribution in [-0.2, 0) is 0 Å². The first-order valence-corrected chi connectivity index (χ1v) is 12.4. The molecular formula is C26H32F3N5O2. The van der Waals surface area contributed by atoms with E-state index in [1.807, 2.05) is 61.8 Å². The van der Waals surface area contributed by atoms with Crippen molar-refractivity contribution in [3.8, 4) is 17.1 Å². The summed E-state index contributed by atoms with van der Waals surface area (Å²) in [5.41, 5.74) is 3.07. The fourth-order valence-corrected chi connectivity index (χ4v) is 4.70. The van der Waals surface area contributed by atoms with E-state index in [1.165, 1.54) is 0 Å². The Hall–Kier alpha value is -3.30. The van der Waals surface area contributed by atoms with Gasteiger partial charge in [0.15, 0.2) is 0 Å². The van der Waals surface area contributed by atoms with Gasteiger partial charge in [0.1, 0.15) is 0 Å². The van der Waals surface area contributed by atoms with Gasteiger partial charge in [0.2, 0.25) is 5.65 Å². The van der Waals surface area contributed by atoms with Crippen LogP contribution in [0.15, 0.2) is 42.9 Å². The normalized spacial score (nSPS) is 21.8. The number of hydrogen-bond acceptors (Lipinski definition) is 4. The van der Waals surface area contributed by atoms with Crippen molar-refractivity contribution in [3.05, 3.63) is 48.4 Å². The van der Waals surface area contributed by atoms with Gasteiger partial charge < -0.3 is 19.4 Å². The summed E-state index contributed by atoms with van der Waals surface area (Å²) < 4.78 is 47.0. The number of carbonyl (C=O) groups excluding carboxylic acids is 1. The lowest BCUT2D eigenvalue weighted by Gasteiger charge is -2.33. The van der Waals surface area contributed by atoms with Crippen LogP contribution >= 0.6 is 0 Å². The molecule has 0 saturated carbocycles. The Kier molecular flexibility index (Phi) is 7.70. The second-order valence-electron chi connectivity index (χ2n) is 9.35. The monoisotopic (exact) mass is 503 g/mol. The third-order valence-electron chi connectivity index (χ3n) is 6.85. The van der Waals surface area contributed by atoms with E-state index in [0.29, 0.717) is 43.2 Å². The summed E-state index contributed by atoms with van der Waals surface area (Å²) in [4.78, 5) is 24.0. The van der Waals surface area contributed by atoms with Crippen LogP contribution in [0, 0.1) is 5.92 Å². The van der Waals surface area contributed by atoms with Gasteiger partial charge >= 0.3 is 12.2 Å². The highest BCUT2D eigenvalue weighted by Gasteiger charge is 2.32.